The summed E-state index contributed by atoms with van der Waals surface area (Å²) in [4.78, 5) is 13.5. The number of quaternary nitrogens is 1. The summed E-state index contributed by atoms with van der Waals surface area (Å²) in [6, 6.07) is 23.9. The van der Waals surface area contributed by atoms with E-state index in [0.29, 0.717) is 30.9 Å². The van der Waals surface area contributed by atoms with Crippen LogP contribution < -0.4 is 3.97 Å². The highest BCUT2D eigenvalue weighted by Gasteiger charge is 2.58. The molecule has 0 aromatic carbocycles. The van der Waals surface area contributed by atoms with Gasteiger partial charge < -0.3 is 18.9 Å². The van der Waals surface area contributed by atoms with Crippen LogP contribution in [0, 0.1) is 5.41 Å². The molecule has 0 bridgehead atoms. The lowest BCUT2D eigenvalue weighted by atomic mass is 9.81. The van der Waals surface area contributed by atoms with Gasteiger partial charge in [-0.15, -0.1) is 28.1 Å². The second kappa shape index (κ2) is 25.3. The van der Waals surface area contributed by atoms with E-state index in [1.54, 1.807) is 29.9 Å². The van der Waals surface area contributed by atoms with Gasteiger partial charge in [-0.05, 0) is 82.4 Å². The summed E-state index contributed by atoms with van der Waals surface area (Å²) in [6.45, 7) is 10.7. The molecular weight excluding hydrogens is 734 g/mol. The molecule has 9 nitrogen and oxygen atoms in total. The minimum Gasteiger partial charge on any atom is -0.351 e. The first-order valence-corrected chi connectivity index (χ1v) is 19.6. The molecule has 4 aromatic heterocycles. The zero-order valence-corrected chi connectivity index (χ0v) is 34.3. The first-order valence-electron chi connectivity index (χ1n) is 17.3. The lowest BCUT2D eigenvalue weighted by Gasteiger charge is -2.48. The molecule has 0 radical (unpaired) electrons. The first-order chi connectivity index (χ1) is 24.8. The highest BCUT2D eigenvalue weighted by molar-refractivity contribution is 7.98. The van der Waals surface area contributed by atoms with E-state index in [-0.39, 0.29) is 12.4 Å². The first kappa shape index (κ1) is 45.4. The number of rotatable bonds is 16. The van der Waals surface area contributed by atoms with Gasteiger partial charge in [0.1, 0.15) is 12.3 Å². The Kier molecular flexibility index (Phi) is 22.1. The average molecular weight is 789 g/mol. The second-order valence-electron chi connectivity index (χ2n) is 11.6. The third-order valence-electron chi connectivity index (χ3n) is 7.44. The summed E-state index contributed by atoms with van der Waals surface area (Å²) in [5.41, 5.74) is 1.44. The third-order valence-corrected chi connectivity index (χ3v) is 10.2. The van der Waals surface area contributed by atoms with Crippen LogP contribution in [0.3, 0.4) is 0 Å². The van der Waals surface area contributed by atoms with Gasteiger partial charge in [0.05, 0.1) is 30.5 Å². The SMILES string of the molecule is CCOC(OCC)C1(C(OCC)OCC)C=CC[N+](C)(C)C1=S.Cl.c1cc[n+](SCc2ccccn2)cc1.c1ccc(CSc2ccccn2)nc1. The molecule has 0 amide bonds. The number of hydrogen-bond donors (Lipinski definition) is 0. The topological polar surface area (TPSA) is 79.5 Å². The van der Waals surface area contributed by atoms with Gasteiger partial charge >= 0.3 is 0 Å². The Labute approximate surface area is 330 Å². The van der Waals surface area contributed by atoms with Gasteiger partial charge in [0.25, 0.3) is 0 Å². The van der Waals surface area contributed by atoms with E-state index in [1.165, 1.54) is 0 Å². The number of halogens is 1. The van der Waals surface area contributed by atoms with Crippen LogP contribution in [0.25, 0.3) is 0 Å². The van der Waals surface area contributed by atoms with Crippen molar-refractivity contribution in [2.45, 2.75) is 56.8 Å². The van der Waals surface area contributed by atoms with Gasteiger partial charge in [0.2, 0.25) is 0 Å². The fraction of sp³-hybridized carbons (Fsp3) is 0.410. The van der Waals surface area contributed by atoms with Crippen LogP contribution in [-0.4, -0.2) is 84.1 Å². The van der Waals surface area contributed by atoms with E-state index in [9.17, 15) is 0 Å². The molecule has 0 fully saturated rings. The summed E-state index contributed by atoms with van der Waals surface area (Å²) in [5.74, 6) is 1.77. The van der Waals surface area contributed by atoms with Gasteiger partial charge in [-0.3, -0.25) is 14.5 Å². The summed E-state index contributed by atoms with van der Waals surface area (Å²) in [7, 11) is 4.18. The highest BCUT2D eigenvalue weighted by atomic mass is 35.5. The maximum absolute atomic E-state index is 5.93. The molecule has 0 saturated carbocycles. The van der Waals surface area contributed by atoms with E-state index < -0.39 is 18.0 Å². The predicted octanol–water partition coefficient (Wildman–Crippen LogP) is 8.00. The van der Waals surface area contributed by atoms with Crippen molar-refractivity contribution in [3.8, 4) is 0 Å². The molecule has 0 N–H and O–H groups in total. The minimum atomic E-state index is -0.755. The Balaban J connectivity index is 0.000000280. The standard InChI is InChI=1S/C17H32NO4S.C11H11N2S.C11H10N2S.ClH/c1-7-19-15(20-8-2)17(16(21-9-3)22-10-4)12-11-13-18(5,6)14(17)23;1-4-8-13(9-5-1)14-10-11-6-2-3-7-12-11;1-3-7-12-10(5-1)9-14-11-6-2-4-8-13-11;/h11-12,15-16H,7-10,13H2,1-6H3;1-9H,10H2;1-8H,9H2;1H/q2*+1;;. The highest BCUT2D eigenvalue weighted by Crippen LogP contribution is 2.41. The molecule has 1 aliphatic heterocycles. The number of thiocarbonyl (C=S) groups is 1. The Bertz CT molecular complexity index is 1360. The number of pyridine rings is 4. The number of likely N-dealkylation sites (N-methyl/N-ethyl adjacent to an activating group) is 1. The second-order valence-corrected chi connectivity index (χ2v) is 14.0. The quantitative estimate of drug-likeness (QED) is 0.0279. The maximum Gasteiger partial charge on any atom is 0.194 e. The zero-order valence-electron chi connectivity index (χ0n) is 31.1. The molecule has 0 saturated heterocycles. The van der Waals surface area contributed by atoms with Gasteiger partial charge in [-0.1, -0.05) is 30.3 Å². The predicted molar refractivity (Wildman–Crippen MR) is 218 cm³/mol. The van der Waals surface area contributed by atoms with E-state index in [4.69, 9.17) is 31.2 Å². The van der Waals surface area contributed by atoms with Crippen LogP contribution in [0.5, 0.6) is 0 Å². The molecule has 5 heterocycles. The Morgan fingerprint density at radius 3 is 1.67 bits per heavy atom. The number of thioether (sulfide) groups is 1. The van der Waals surface area contributed by atoms with Gasteiger partial charge in [-0.25, -0.2) is 4.98 Å². The fourth-order valence-electron chi connectivity index (χ4n) is 5.07. The van der Waals surface area contributed by atoms with E-state index >= 15 is 0 Å². The molecule has 0 aliphatic carbocycles. The molecule has 13 heteroatoms. The number of ether oxygens (including phenoxy) is 4. The van der Waals surface area contributed by atoms with Crippen molar-refractivity contribution in [2.75, 3.05) is 47.1 Å². The normalized spacial score (nSPS) is 14.1. The van der Waals surface area contributed by atoms with Crippen molar-refractivity contribution in [3.63, 3.8) is 0 Å². The van der Waals surface area contributed by atoms with E-state index in [1.807, 2.05) is 125 Å². The molecule has 0 unspecified atom stereocenters. The molecular formula is C39H54ClN5O4S3+2. The van der Waals surface area contributed by atoms with E-state index in [0.717, 1.165) is 39.5 Å². The summed E-state index contributed by atoms with van der Waals surface area (Å²) in [5, 5.41) is 1.04. The molecule has 1 aliphatic rings. The molecule has 5 rings (SSSR count). The Morgan fingerprint density at radius 2 is 1.21 bits per heavy atom. The Hall–Kier alpha value is -2.78. The van der Waals surface area contributed by atoms with Crippen LogP contribution in [0.2, 0.25) is 0 Å². The van der Waals surface area contributed by atoms with Crippen molar-refractivity contribution < 1.29 is 27.4 Å². The monoisotopic (exact) mass is 787 g/mol. The van der Waals surface area contributed by atoms with Crippen LogP contribution in [0.1, 0.15) is 39.1 Å². The molecule has 52 heavy (non-hydrogen) atoms. The average Bonchev–Trinajstić information content (AvgIpc) is 3.16. The van der Waals surface area contributed by atoms with Crippen molar-refractivity contribution in [1.29, 1.82) is 0 Å². The van der Waals surface area contributed by atoms with Gasteiger partial charge in [0.15, 0.2) is 47.3 Å². The molecule has 282 valence electrons. The summed E-state index contributed by atoms with van der Waals surface area (Å²) < 4.78 is 26.4. The zero-order chi connectivity index (χ0) is 36.8. The number of aromatic nitrogens is 4. The van der Waals surface area contributed by atoms with Crippen LogP contribution in [0.4, 0.5) is 0 Å². The lowest BCUT2D eigenvalue weighted by molar-refractivity contribution is -0.796. The summed E-state index contributed by atoms with van der Waals surface area (Å²) in [6.07, 6.45) is 12.6. The third kappa shape index (κ3) is 14.6. The maximum atomic E-state index is 5.93. The van der Waals surface area contributed by atoms with Gasteiger partial charge in [0, 0.05) is 62.9 Å². The Morgan fingerprint density at radius 1 is 0.712 bits per heavy atom. The van der Waals surface area contributed by atoms with E-state index in [2.05, 4.69) is 45.2 Å². The molecule has 0 spiro atoms. The number of hydrogen-bond acceptors (Lipinski definition) is 10. The largest absolute Gasteiger partial charge is 0.351 e. The molecule has 0 atom stereocenters. The lowest BCUT2D eigenvalue weighted by Crippen LogP contribution is -2.64. The van der Waals surface area contributed by atoms with Crippen LogP contribution >= 0.6 is 48.3 Å². The summed E-state index contributed by atoms with van der Waals surface area (Å²) >= 11 is 9.31. The minimum absolute atomic E-state index is 0. The van der Waals surface area contributed by atoms with Crippen molar-refractivity contribution in [2.24, 2.45) is 5.41 Å². The number of nitrogens with zero attached hydrogens (tertiary/aromatic N) is 5. The van der Waals surface area contributed by atoms with Crippen molar-refractivity contribution in [3.05, 3.63) is 127 Å². The fourth-order valence-corrected chi connectivity index (χ4v) is 6.95. The van der Waals surface area contributed by atoms with Crippen molar-refractivity contribution >= 4 is 53.3 Å². The smallest absolute Gasteiger partial charge is 0.194 e. The van der Waals surface area contributed by atoms with Crippen LogP contribution in [0.15, 0.2) is 121 Å². The van der Waals surface area contributed by atoms with Crippen LogP contribution in [-0.2, 0) is 30.5 Å². The van der Waals surface area contributed by atoms with Gasteiger partial charge in [-0.2, -0.15) is 0 Å². The van der Waals surface area contributed by atoms with Crippen molar-refractivity contribution in [1.82, 2.24) is 15.0 Å². The molecule has 4 aromatic rings.